The molecule has 0 N–H and O–H groups in total. The number of hydrogen-bond acceptors (Lipinski definition) is 1. The minimum Gasteiger partial charge on any atom is -0.328 e. The molecule has 2 rings (SSSR count). The van der Waals surface area contributed by atoms with Crippen molar-refractivity contribution in [3.8, 4) is 0 Å². The van der Waals surface area contributed by atoms with E-state index in [1.54, 1.807) is 6.08 Å². The molecular weight excluding hydrogens is 160 g/mol. The molecule has 0 aliphatic carbocycles. The van der Waals surface area contributed by atoms with Crippen LogP contribution in [0.1, 0.15) is 5.82 Å². The van der Waals surface area contributed by atoms with E-state index in [2.05, 4.69) is 22.5 Å². The van der Waals surface area contributed by atoms with Gasteiger partial charge in [0.25, 0.3) is 0 Å². The molecule has 0 amide bonds. The molecule has 0 fully saturated rings. The molecule has 0 atom stereocenters. The Labute approximate surface area is 77.5 Å². The zero-order chi connectivity index (χ0) is 9.26. The zero-order valence-corrected chi connectivity index (χ0v) is 7.57. The van der Waals surface area contributed by atoms with Gasteiger partial charge >= 0.3 is 0 Å². The number of para-hydroxylation sites is 2. The average Bonchev–Trinajstić information content (AvgIpc) is 2.46. The topological polar surface area (TPSA) is 17.8 Å². The predicted octanol–water partition coefficient (Wildman–Crippen LogP) is 2.42. The fraction of sp³-hybridized carbons (Fsp3) is 0.0909. The predicted molar refractivity (Wildman–Crippen MR) is 55.1 cm³/mol. The standard InChI is InChI=1S/C11H11N2/c1-3-6-11-12-9-7-4-5-8-10(9)13(11)2/h3-8H,1H2,2H3/b6-3+. The fourth-order valence-electron chi connectivity index (χ4n) is 1.42. The fourth-order valence-corrected chi connectivity index (χ4v) is 1.42. The summed E-state index contributed by atoms with van der Waals surface area (Å²) >= 11 is 0. The van der Waals surface area contributed by atoms with E-state index in [-0.39, 0.29) is 0 Å². The third-order valence-electron chi connectivity index (χ3n) is 2.09. The van der Waals surface area contributed by atoms with Crippen LogP contribution in [0.5, 0.6) is 0 Å². The van der Waals surface area contributed by atoms with Gasteiger partial charge in [0.2, 0.25) is 0 Å². The molecule has 1 aromatic carbocycles. The Morgan fingerprint density at radius 1 is 1.38 bits per heavy atom. The number of aryl methyl sites for hydroxylation is 1. The van der Waals surface area contributed by atoms with Gasteiger partial charge in [-0.05, 0) is 25.1 Å². The highest BCUT2D eigenvalue weighted by atomic mass is 15.0. The van der Waals surface area contributed by atoms with Crippen LogP contribution >= 0.6 is 0 Å². The maximum Gasteiger partial charge on any atom is 0.133 e. The van der Waals surface area contributed by atoms with Crippen LogP contribution in [-0.2, 0) is 7.05 Å². The molecule has 2 aromatic rings. The van der Waals surface area contributed by atoms with Crippen LogP contribution in [0.4, 0.5) is 0 Å². The van der Waals surface area contributed by atoms with E-state index in [1.165, 1.54) is 0 Å². The van der Waals surface area contributed by atoms with E-state index in [9.17, 15) is 0 Å². The SMILES string of the molecule is [CH2]/C=C/c1nc2ccccc2n1C. The molecule has 1 heterocycles. The number of imidazole rings is 1. The molecule has 2 nitrogen and oxygen atoms in total. The van der Waals surface area contributed by atoms with Crippen LogP contribution in [0, 0.1) is 6.92 Å². The van der Waals surface area contributed by atoms with E-state index in [0.717, 1.165) is 16.9 Å². The summed E-state index contributed by atoms with van der Waals surface area (Å²) in [5, 5.41) is 0. The first kappa shape index (κ1) is 8.05. The second kappa shape index (κ2) is 3.05. The lowest BCUT2D eigenvalue weighted by atomic mass is 10.3. The first-order valence-corrected chi connectivity index (χ1v) is 4.20. The van der Waals surface area contributed by atoms with Crippen molar-refractivity contribution in [2.75, 3.05) is 0 Å². The molecule has 0 aliphatic rings. The molecule has 0 saturated carbocycles. The highest BCUT2D eigenvalue weighted by molar-refractivity contribution is 5.77. The van der Waals surface area contributed by atoms with E-state index in [0.29, 0.717) is 0 Å². The van der Waals surface area contributed by atoms with Crippen LogP contribution in [0.15, 0.2) is 30.3 Å². The molecule has 2 heteroatoms. The Bertz CT molecular complexity index is 452. The van der Waals surface area contributed by atoms with Crippen LogP contribution in [0.3, 0.4) is 0 Å². The quantitative estimate of drug-likeness (QED) is 0.644. The summed E-state index contributed by atoms with van der Waals surface area (Å²) in [5.74, 6) is 0.941. The van der Waals surface area contributed by atoms with E-state index < -0.39 is 0 Å². The Hall–Kier alpha value is -1.57. The van der Waals surface area contributed by atoms with Gasteiger partial charge in [0.1, 0.15) is 5.82 Å². The first-order valence-electron chi connectivity index (χ1n) is 4.20. The zero-order valence-electron chi connectivity index (χ0n) is 7.57. The minimum absolute atomic E-state index is 0.941. The van der Waals surface area contributed by atoms with Gasteiger partial charge in [0.15, 0.2) is 0 Å². The largest absolute Gasteiger partial charge is 0.328 e. The van der Waals surface area contributed by atoms with Crippen molar-refractivity contribution in [3.05, 3.63) is 43.1 Å². The Morgan fingerprint density at radius 2 is 2.15 bits per heavy atom. The molecule has 65 valence electrons. The number of fused-ring (bicyclic) bond motifs is 1. The Morgan fingerprint density at radius 3 is 2.85 bits per heavy atom. The van der Waals surface area contributed by atoms with Gasteiger partial charge < -0.3 is 4.57 Å². The number of rotatable bonds is 1. The molecule has 0 bridgehead atoms. The normalized spacial score (nSPS) is 11.5. The van der Waals surface area contributed by atoms with Gasteiger partial charge in [0, 0.05) is 7.05 Å². The lowest BCUT2D eigenvalue weighted by molar-refractivity contribution is 0.930. The molecule has 13 heavy (non-hydrogen) atoms. The van der Waals surface area contributed by atoms with Gasteiger partial charge in [-0.15, -0.1) is 0 Å². The highest BCUT2D eigenvalue weighted by Crippen LogP contribution is 2.14. The van der Waals surface area contributed by atoms with Crippen molar-refractivity contribution in [1.82, 2.24) is 9.55 Å². The number of hydrogen-bond donors (Lipinski definition) is 0. The average molecular weight is 171 g/mol. The number of nitrogens with zero attached hydrogens (tertiary/aromatic N) is 2. The first-order chi connectivity index (χ1) is 6.33. The van der Waals surface area contributed by atoms with Crippen LogP contribution in [-0.4, -0.2) is 9.55 Å². The summed E-state index contributed by atoms with van der Waals surface area (Å²) in [5.41, 5.74) is 2.17. The molecule has 0 saturated heterocycles. The maximum atomic E-state index is 4.44. The van der Waals surface area contributed by atoms with Gasteiger partial charge in [0.05, 0.1) is 11.0 Å². The van der Waals surface area contributed by atoms with Crippen LogP contribution < -0.4 is 0 Å². The number of allylic oxidation sites excluding steroid dienone is 1. The number of aromatic nitrogens is 2. The van der Waals surface area contributed by atoms with Crippen molar-refractivity contribution < 1.29 is 0 Å². The summed E-state index contributed by atoms with van der Waals surface area (Å²) in [6.45, 7) is 3.66. The molecule has 0 aliphatic heterocycles. The number of benzene rings is 1. The highest BCUT2D eigenvalue weighted by Gasteiger charge is 2.02. The molecule has 1 radical (unpaired) electrons. The monoisotopic (exact) mass is 171 g/mol. The van der Waals surface area contributed by atoms with E-state index in [1.807, 2.05) is 31.3 Å². The minimum atomic E-state index is 0.941. The summed E-state index contributed by atoms with van der Waals surface area (Å²) in [6.07, 6.45) is 3.65. The van der Waals surface area contributed by atoms with Gasteiger partial charge in [-0.2, -0.15) is 0 Å². The molecule has 0 spiro atoms. The molecule has 0 unspecified atom stereocenters. The summed E-state index contributed by atoms with van der Waals surface area (Å²) in [4.78, 5) is 4.44. The smallest absolute Gasteiger partial charge is 0.133 e. The third kappa shape index (κ3) is 1.24. The second-order valence-electron chi connectivity index (χ2n) is 2.92. The maximum absolute atomic E-state index is 4.44. The summed E-state index contributed by atoms with van der Waals surface area (Å²) in [7, 11) is 2.00. The Balaban J connectivity index is 2.73. The third-order valence-corrected chi connectivity index (χ3v) is 2.09. The summed E-state index contributed by atoms with van der Waals surface area (Å²) in [6, 6.07) is 8.08. The van der Waals surface area contributed by atoms with E-state index in [4.69, 9.17) is 0 Å². The van der Waals surface area contributed by atoms with Crippen molar-refractivity contribution in [3.63, 3.8) is 0 Å². The van der Waals surface area contributed by atoms with E-state index >= 15 is 0 Å². The second-order valence-corrected chi connectivity index (χ2v) is 2.92. The van der Waals surface area contributed by atoms with Gasteiger partial charge in [-0.1, -0.05) is 18.2 Å². The molecule has 1 aromatic heterocycles. The molecular formula is C11H11N2. The Kier molecular flexibility index (Phi) is 1.89. The van der Waals surface area contributed by atoms with Crippen molar-refractivity contribution in [1.29, 1.82) is 0 Å². The lowest BCUT2D eigenvalue weighted by Crippen LogP contribution is -1.90. The van der Waals surface area contributed by atoms with Crippen molar-refractivity contribution >= 4 is 17.1 Å². The van der Waals surface area contributed by atoms with Gasteiger partial charge in [-0.3, -0.25) is 0 Å². The van der Waals surface area contributed by atoms with Crippen molar-refractivity contribution in [2.24, 2.45) is 7.05 Å². The van der Waals surface area contributed by atoms with Crippen molar-refractivity contribution in [2.45, 2.75) is 0 Å². The van der Waals surface area contributed by atoms with Crippen LogP contribution in [0.2, 0.25) is 0 Å². The van der Waals surface area contributed by atoms with Crippen LogP contribution in [0.25, 0.3) is 17.1 Å². The van der Waals surface area contributed by atoms with Gasteiger partial charge in [-0.25, -0.2) is 4.98 Å². The summed E-state index contributed by atoms with van der Waals surface area (Å²) < 4.78 is 2.05. The lowest BCUT2D eigenvalue weighted by Gasteiger charge is -1.95.